The topological polar surface area (TPSA) is 107 Å². The molecule has 35 heavy (non-hydrogen) atoms. The van der Waals surface area contributed by atoms with Crippen molar-refractivity contribution in [2.24, 2.45) is 0 Å². The fraction of sp³-hybridized carbons (Fsp3) is 0.308. The van der Waals surface area contributed by atoms with Gasteiger partial charge >= 0.3 is 0 Å². The van der Waals surface area contributed by atoms with Crippen LogP contribution in [0.3, 0.4) is 0 Å². The van der Waals surface area contributed by atoms with Crippen molar-refractivity contribution < 1.29 is 22.7 Å². The highest BCUT2D eigenvalue weighted by Gasteiger charge is 2.19. The van der Waals surface area contributed by atoms with Crippen molar-refractivity contribution in [2.45, 2.75) is 44.6 Å². The molecule has 8 nitrogen and oxygen atoms in total. The summed E-state index contributed by atoms with van der Waals surface area (Å²) >= 11 is 0. The number of nitrogens with one attached hydrogen (secondary N) is 2. The Morgan fingerprint density at radius 3 is 2.46 bits per heavy atom. The fourth-order valence-corrected chi connectivity index (χ4v) is 5.21. The number of hydrogen-bond acceptors (Lipinski definition) is 6. The van der Waals surface area contributed by atoms with Crippen molar-refractivity contribution >= 4 is 21.6 Å². The van der Waals surface area contributed by atoms with Crippen molar-refractivity contribution in [2.75, 3.05) is 17.9 Å². The Labute approximate surface area is 205 Å². The molecular formula is C26H29N3O5S. The lowest BCUT2D eigenvalue weighted by molar-refractivity contribution is 0.0857. The van der Waals surface area contributed by atoms with Crippen molar-refractivity contribution in [3.05, 3.63) is 77.0 Å². The summed E-state index contributed by atoms with van der Waals surface area (Å²) < 4.78 is 39.6. The van der Waals surface area contributed by atoms with Crippen LogP contribution in [0.1, 0.15) is 39.9 Å². The molecule has 2 aromatic carbocycles. The predicted octanol–water partition coefficient (Wildman–Crippen LogP) is 4.51. The molecule has 1 atom stereocenters. The Bertz CT molecular complexity index is 1300. The third-order valence-corrected chi connectivity index (χ3v) is 7.45. The van der Waals surface area contributed by atoms with Crippen LogP contribution >= 0.6 is 0 Å². The highest BCUT2D eigenvalue weighted by Crippen LogP contribution is 2.25. The molecular weight excluding hydrogens is 466 g/mol. The number of ether oxygens (including phenoxy) is 2. The zero-order valence-electron chi connectivity index (χ0n) is 20.0. The van der Waals surface area contributed by atoms with Gasteiger partial charge in [-0.1, -0.05) is 6.07 Å². The van der Waals surface area contributed by atoms with Gasteiger partial charge in [0.1, 0.15) is 5.75 Å². The molecule has 184 valence electrons. The minimum atomic E-state index is -3.73. The molecule has 1 aromatic heterocycles. The van der Waals surface area contributed by atoms with Crippen LogP contribution in [0.2, 0.25) is 0 Å². The third kappa shape index (κ3) is 6.17. The molecule has 9 heteroatoms. The second-order valence-electron chi connectivity index (χ2n) is 8.66. The normalized spacial score (nSPS) is 15.6. The Morgan fingerprint density at radius 1 is 1.06 bits per heavy atom. The van der Waals surface area contributed by atoms with Gasteiger partial charge in [0.15, 0.2) is 0 Å². The number of sulfonamides is 1. The minimum Gasteiger partial charge on any atom is -0.439 e. The zero-order chi connectivity index (χ0) is 25.0. The molecule has 0 bridgehead atoms. The van der Waals surface area contributed by atoms with Crippen LogP contribution in [0.5, 0.6) is 11.6 Å². The maximum absolute atomic E-state index is 12.9. The minimum absolute atomic E-state index is 0.0759. The first-order chi connectivity index (χ1) is 16.7. The number of aryl methyl sites for hydroxylation is 3. The summed E-state index contributed by atoms with van der Waals surface area (Å²) in [6.07, 6.45) is 3.50. The molecule has 0 unspecified atom stereocenters. The van der Waals surface area contributed by atoms with Crippen LogP contribution in [-0.2, 0) is 14.8 Å². The second kappa shape index (κ2) is 10.5. The van der Waals surface area contributed by atoms with E-state index in [0.717, 1.165) is 30.6 Å². The first-order valence-corrected chi connectivity index (χ1v) is 12.9. The lowest BCUT2D eigenvalue weighted by atomic mass is 10.1. The summed E-state index contributed by atoms with van der Waals surface area (Å²) in [6.45, 7) is 6.85. The smallest absolute Gasteiger partial charge is 0.262 e. The standard InChI is InChI=1S/C26H29N3O5S/c1-17-13-19(3)24(14-18(17)2)35(31,32)29-21-7-9-22(10-8-21)34-25-11-6-20(15-27-25)26(30)28-16-23-5-4-12-33-23/h6-11,13-15,23,29H,4-5,12,16H2,1-3H3,(H,28,30)/t23-/m0/s1. The summed E-state index contributed by atoms with van der Waals surface area (Å²) in [5.74, 6) is 0.591. The first kappa shape index (κ1) is 24.7. The number of pyridine rings is 1. The molecule has 0 saturated carbocycles. The lowest BCUT2D eigenvalue weighted by Gasteiger charge is -2.13. The van der Waals surface area contributed by atoms with Gasteiger partial charge in [0.25, 0.3) is 15.9 Å². The van der Waals surface area contributed by atoms with E-state index in [4.69, 9.17) is 9.47 Å². The van der Waals surface area contributed by atoms with E-state index in [9.17, 15) is 13.2 Å². The number of carbonyl (C=O) groups excluding carboxylic acids is 1. The molecule has 2 N–H and O–H groups in total. The predicted molar refractivity (Wildman–Crippen MR) is 134 cm³/mol. The highest BCUT2D eigenvalue weighted by atomic mass is 32.2. The number of anilines is 1. The number of benzene rings is 2. The molecule has 2 heterocycles. The summed E-state index contributed by atoms with van der Waals surface area (Å²) in [5, 5.41) is 2.85. The van der Waals surface area contributed by atoms with Crippen LogP contribution in [0.15, 0.2) is 59.6 Å². The van der Waals surface area contributed by atoms with Crippen LogP contribution in [0, 0.1) is 20.8 Å². The fourth-order valence-electron chi connectivity index (χ4n) is 3.83. The van der Waals surface area contributed by atoms with E-state index in [1.165, 1.54) is 6.20 Å². The van der Waals surface area contributed by atoms with Crippen LogP contribution < -0.4 is 14.8 Å². The van der Waals surface area contributed by atoms with E-state index in [2.05, 4.69) is 15.0 Å². The highest BCUT2D eigenvalue weighted by molar-refractivity contribution is 7.92. The van der Waals surface area contributed by atoms with Crippen molar-refractivity contribution in [3.63, 3.8) is 0 Å². The lowest BCUT2D eigenvalue weighted by Crippen LogP contribution is -2.31. The van der Waals surface area contributed by atoms with E-state index in [1.54, 1.807) is 49.4 Å². The van der Waals surface area contributed by atoms with Gasteiger partial charge in [-0.05, 0) is 86.7 Å². The quantitative estimate of drug-likeness (QED) is 0.476. The SMILES string of the molecule is Cc1cc(C)c(S(=O)(=O)Nc2ccc(Oc3ccc(C(=O)NC[C@@H]4CCCO4)cn3)cc2)cc1C. The number of aromatic nitrogens is 1. The molecule has 3 aromatic rings. The Kier molecular flexibility index (Phi) is 7.37. The Hall–Kier alpha value is -3.43. The van der Waals surface area contributed by atoms with Crippen molar-refractivity contribution in [1.82, 2.24) is 10.3 Å². The van der Waals surface area contributed by atoms with Gasteiger partial charge in [0, 0.05) is 31.1 Å². The molecule has 0 radical (unpaired) electrons. The summed E-state index contributed by atoms with van der Waals surface area (Å²) in [6, 6.07) is 13.3. The molecule has 4 rings (SSSR count). The van der Waals surface area contributed by atoms with E-state index in [-0.39, 0.29) is 16.9 Å². The molecule has 0 spiro atoms. The summed E-state index contributed by atoms with van der Waals surface area (Å²) in [7, 11) is -3.73. The Morgan fingerprint density at radius 2 is 1.80 bits per heavy atom. The van der Waals surface area contributed by atoms with Gasteiger partial charge < -0.3 is 14.8 Å². The third-order valence-electron chi connectivity index (χ3n) is 5.92. The second-order valence-corrected chi connectivity index (χ2v) is 10.3. The zero-order valence-corrected chi connectivity index (χ0v) is 20.8. The van der Waals surface area contributed by atoms with Gasteiger partial charge in [0.2, 0.25) is 5.88 Å². The van der Waals surface area contributed by atoms with E-state index in [0.29, 0.717) is 35.0 Å². The van der Waals surface area contributed by atoms with Crippen LogP contribution in [0.4, 0.5) is 5.69 Å². The van der Waals surface area contributed by atoms with Gasteiger partial charge in [-0.3, -0.25) is 9.52 Å². The van der Waals surface area contributed by atoms with Gasteiger partial charge in [-0.2, -0.15) is 0 Å². The summed E-state index contributed by atoms with van der Waals surface area (Å²) in [5.41, 5.74) is 3.50. The number of hydrogen-bond donors (Lipinski definition) is 2. The molecule has 1 aliphatic heterocycles. The van der Waals surface area contributed by atoms with Gasteiger partial charge in [-0.15, -0.1) is 0 Å². The molecule has 1 fully saturated rings. The molecule has 1 amide bonds. The largest absolute Gasteiger partial charge is 0.439 e. The average molecular weight is 496 g/mol. The van der Waals surface area contributed by atoms with Gasteiger partial charge in [0.05, 0.1) is 16.6 Å². The number of carbonyl (C=O) groups is 1. The maximum atomic E-state index is 12.9. The molecule has 1 saturated heterocycles. The maximum Gasteiger partial charge on any atom is 0.262 e. The van der Waals surface area contributed by atoms with E-state index < -0.39 is 10.0 Å². The Balaban J connectivity index is 1.36. The van der Waals surface area contributed by atoms with Crippen LogP contribution in [-0.4, -0.2) is 38.6 Å². The van der Waals surface area contributed by atoms with E-state index in [1.807, 2.05) is 19.9 Å². The first-order valence-electron chi connectivity index (χ1n) is 11.5. The average Bonchev–Trinajstić information content (AvgIpc) is 3.35. The number of nitrogens with zero attached hydrogens (tertiary/aromatic N) is 1. The van der Waals surface area contributed by atoms with Crippen molar-refractivity contribution in [3.8, 4) is 11.6 Å². The van der Waals surface area contributed by atoms with E-state index >= 15 is 0 Å². The molecule has 0 aliphatic carbocycles. The van der Waals surface area contributed by atoms with Crippen LogP contribution in [0.25, 0.3) is 0 Å². The van der Waals surface area contributed by atoms with Crippen molar-refractivity contribution in [1.29, 1.82) is 0 Å². The summed E-state index contributed by atoms with van der Waals surface area (Å²) in [4.78, 5) is 16.7. The van der Waals surface area contributed by atoms with Gasteiger partial charge in [-0.25, -0.2) is 13.4 Å². The number of rotatable bonds is 8. The molecule has 1 aliphatic rings. The monoisotopic (exact) mass is 495 g/mol. The number of amides is 1.